The van der Waals surface area contributed by atoms with Crippen LogP contribution in [0.15, 0.2) is 61.2 Å². The Kier molecular flexibility index (Phi) is 7.91. The normalized spacial score (nSPS) is 17.9. The highest BCUT2D eigenvalue weighted by Crippen LogP contribution is 2.34. The number of halogens is 4. The van der Waals surface area contributed by atoms with Gasteiger partial charge in [-0.05, 0) is 61.4 Å². The van der Waals surface area contributed by atoms with Gasteiger partial charge in [-0.15, -0.1) is 6.58 Å². The summed E-state index contributed by atoms with van der Waals surface area (Å²) in [4.78, 5) is 0. The zero-order valence-electron chi connectivity index (χ0n) is 19.6. The quantitative estimate of drug-likeness (QED) is 0.240. The van der Waals surface area contributed by atoms with E-state index in [0.29, 0.717) is 18.9 Å². The minimum atomic E-state index is -1.27. The zero-order chi connectivity index (χ0) is 24.9. The van der Waals surface area contributed by atoms with Gasteiger partial charge in [-0.1, -0.05) is 42.5 Å². The van der Waals surface area contributed by atoms with Crippen LogP contribution in [0.25, 0.3) is 11.1 Å². The van der Waals surface area contributed by atoms with Gasteiger partial charge in [0, 0.05) is 17.0 Å². The molecule has 1 saturated heterocycles. The summed E-state index contributed by atoms with van der Waals surface area (Å²) in [5.41, 5.74) is 1.57. The van der Waals surface area contributed by atoms with Crippen LogP contribution in [0.1, 0.15) is 42.6 Å². The Labute approximate surface area is 203 Å². The average molecular weight is 485 g/mol. The molecule has 6 heteroatoms. The minimum Gasteiger partial charge on any atom is -0.491 e. The van der Waals surface area contributed by atoms with Gasteiger partial charge in [0.15, 0.2) is 23.2 Å². The summed E-state index contributed by atoms with van der Waals surface area (Å²) in [7, 11) is 0. The van der Waals surface area contributed by atoms with Gasteiger partial charge in [-0.3, -0.25) is 0 Å². The molecule has 2 nitrogen and oxygen atoms in total. The lowest BCUT2D eigenvalue weighted by Crippen LogP contribution is -2.19. The first-order valence-corrected chi connectivity index (χ1v) is 11.8. The molecule has 184 valence electrons. The van der Waals surface area contributed by atoms with Gasteiger partial charge >= 0.3 is 0 Å². The third-order valence-electron chi connectivity index (χ3n) is 6.48. The Hall–Kier alpha value is -3.12. The molecular formula is C29H28F4O2. The molecule has 3 aromatic carbocycles. The molecule has 1 heterocycles. The number of benzene rings is 3. The summed E-state index contributed by atoms with van der Waals surface area (Å²) in [6, 6.07) is 13.1. The van der Waals surface area contributed by atoms with Crippen molar-refractivity contribution in [2.75, 3.05) is 13.2 Å². The summed E-state index contributed by atoms with van der Waals surface area (Å²) in [6.07, 6.45) is 4.75. The van der Waals surface area contributed by atoms with Crippen molar-refractivity contribution < 1.29 is 27.0 Å². The Morgan fingerprint density at radius 2 is 1.54 bits per heavy atom. The zero-order valence-corrected chi connectivity index (χ0v) is 19.6. The number of hydrogen-bond acceptors (Lipinski definition) is 2. The molecule has 0 amide bonds. The molecule has 1 aliphatic rings. The van der Waals surface area contributed by atoms with E-state index in [0.717, 1.165) is 24.0 Å². The Morgan fingerprint density at radius 1 is 0.857 bits per heavy atom. The second-order valence-electron chi connectivity index (χ2n) is 8.71. The molecule has 1 aliphatic heterocycles. The van der Waals surface area contributed by atoms with Crippen LogP contribution in [0.5, 0.6) is 5.75 Å². The fourth-order valence-electron chi connectivity index (χ4n) is 4.40. The smallest absolute Gasteiger partial charge is 0.201 e. The van der Waals surface area contributed by atoms with E-state index in [4.69, 9.17) is 9.47 Å². The van der Waals surface area contributed by atoms with Gasteiger partial charge < -0.3 is 9.47 Å². The largest absolute Gasteiger partial charge is 0.491 e. The molecule has 0 saturated carbocycles. The van der Waals surface area contributed by atoms with Gasteiger partial charge in [0.2, 0.25) is 5.82 Å². The second-order valence-corrected chi connectivity index (χ2v) is 8.71. The third kappa shape index (κ3) is 5.43. The maximum atomic E-state index is 14.8. The highest BCUT2D eigenvalue weighted by molar-refractivity contribution is 5.66. The summed E-state index contributed by atoms with van der Waals surface area (Å²) < 4.78 is 69.3. The molecule has 0 spiro atoms. The van der Waals surface area contributed by atoms with Crippen LogP contribution in [-0.2, 0) is 17.6 Å². The average Bonchev–Trinajstić information content (AvgIpc) is 2.89. The number of ether oxygens (including phenoxy) is 2. The van der Waals surface area contributed by atoms with Crippen LogP contribution in [0.3, 0.4) is 0 Å². The van der Waals surface area contributed by atoms with Crippen molar-refractivity contribution in [1.29, 1.82) is 0 Å². The molecule has 4 rings (SSSR count). The van der Waals surface area contributed by atoms with Crippen LogP contribution >= 0.6 is 0 Å². The van der Waals surface area contributed by atoms with E-state index in [9.17, 15) is 17.6 Å². The molecular weight excluding hydrogens is 456 g/mol. The summed E-state index contributed by atoms with van der Waals surface area (Å²) in [5.74, 6) is -4.63. The maximum Gasteiger partial charge on any atom is 0.201 e. The Morgan fingerprint density at radius 3 is 2.17 bits per heavy atom. The lowest BCUT2D eigenvalue weighted by atomic mass is 9.93. The predicted molar refractivity (Wildman–Crippen MR) is 128 cm³/mol. The van der Waals surface area contributed by atoms with Crippen molar-refractivity contribution in [3.8, 4) is 16.9 Å². The lowest BCUT2D eigenvalue weighted by molar-refractivity contribution is -0.00514. The van der Waals surface area contributed by atoms with Crippen molar-refractivity contribution in [3.63, 3.8) is 0 Å². The molecule has 3 aromatic rings. The number of rotatable bonds is 8. The van der Waals surface area contributed by atoms with Crippen molar-refractivity contribution in [2.45, 2.75) is 38.7 Å². The van der Waals surface area contributed by atoms with Crippen molar-refractivity contribution >= 4 is 0 Å². The third-order valence-corrected chi connectivity index (χ3v) is 6.48. The van der Waals surface area contributed by atoms with Gasteiger partial charge in [-0.2, -0.15) is 4.39 Å². The van der Waals surface area contributed by atoms with E-state index < -0.39 is 23.3 Å². The van der Waals surface area contributed by atoms with Gasteiger partial charge in [0.1, 0.15) is 0 Å². The Bertz CT molecular complexity index is 1180. The number of hydrogen-bond donors (Lipinski definition) is 0. The molecule has 35 heavy (non-hydrogen) atoms. The van der Waals surface area contributed by atoms with E-state index in [1.165, 1.54) is 24.3 Å². The van der Waals surface area contributed by atoms with E-state index in [1.807, 2.05) is 30.3 Å². The van der Waals surface area contributed by atoms with Crippen LogP contribution in [0.4, 0.5) is 17.6 Å². The molecule has 1 fully saturated rings. The highest BCUT2D eigenvalue weighted by Gasteiger charge is 2.22. The molecule has 0 aromatic heterocycles. The van der Waals surface area contributed by atoms with E-state index in [1.54, 1.807) is 6.92 Å². The predicted octanol–water partition coefficient (Wildman–Crippen LogP) is 7.75. The molecule has 0 radical (unpaired) electrons. The fourth-order valence-corrected chi connectivity index (χ4v) is 4.40. The van der Waals surface area contributed by atoms with Crippen LogP contribution < -0.4 is 4.74 Å². The van der Waals surface area contributed by atoms with Crippen molar-refractivity contribution in [2.24, 2.45) is 5.92 Å². The SMILES string of the molecule is C=CC1CCC(c2ccc(CCc3ccc(-c4ccc(OCC)c(F)c4F)c(F)c3F)cc2)OC1. The molecule has 2 unspecified atom stereocenters. The van der Waals surface area contributed by atoms with Crippen LogP contribution in [0.2, 0.25) is 0 Å². The Balaban J connectivity index is 1.44. The van der Waals surface area contributed by atoms with Gasteiger partial charge in [-0.25, -0.2) is 13.2 Å². The summed E-state index contributed by atoms with van der Waals surface area (Å²) >= 11 is 0. The monoisotopic (exact) mass is 484 g/mol. The van der Waals surface area contributed by atoms with Gasteiger partial charge in [0.25, 0.3) is 0 Å². The summed E-state index contributed by atoms with van der Waals surface area (Å²) in [6.45, 7) is 6.28. The topological polar surface area (TPSA) is 18.5 Å². The second kappa shape index (κ2) is 11.1. The molecule has 0 aliphatic carbocycles. The van der Waals surface area contributed by atoms with Gasteiger partial charge in [0.05, 0.1) is 19.3 Å². The summed E-state index contributed by atoms with van der Waals surface area (Å²) in [5, 5.41) is 0. The number of aryl methyl sites for hydroxylation is 2. The first kappa shape index (κ1) is 25.0. The van der Waals surface area contributed by atoms with Crippen LogP contribution in [0, 0.1) is 29.2 Å². The van der Waals surface area contributed by atoms with Crippen LogP contribution in [-0.4, -0.2) is 13.2 Å². The highest BCUT2D eigenvalue weighted by atomic mass is 19.2. The van der Waals surface area contributed by atoms with Crippen molar-refractivity contribution in [1.82, 2.24) is 0 Å². The maximum absolute atomic E-state index is 14.8. The standard InChI is InChI=1S/C29H28F4O2/c1-3-18-8-15-24(35-17-18)20-9-5-19(6-10-20)7-11-21-12-13-22(27(31)26(21)30)23-14-16-25(34-4-2)29(33)28(23)32/h3,5-6,9-10,12-14,16,18,24H,1,4,7-8,11,15,17H2,2H3. The molecule has 0 N–H and O–H groups in total. The van der Waals surface area contributed by atoms with E-state index in [2.05, 4.69) is 6.58 Å². The lowest BCUT2D eigenvalue weighted by Gasteiger charge is -2.27. The first-order valence-electron chi connectivity index (χ1n) is 11.8. The van der Waals surface area contributed by atoms with E-state index >= 15 is 0 Å². The molecule has 0 bridgehead atoms. The molecule has 2 atom stereocenters. The fraction of sp³-hybridized carbons (Fsp3) is 0.310. The first-order chi connectivity index (χ1) is 16.9. The minimum absolute atomic E-state index is 0.0622. The van der Waals surface area contributed by atoms with Crippen molar-refractivity contribution in [3.05, 3.63) is 101 Å². The van der Waals surface area contributed by atoms with E-state index in [-0.39, 0.29) is 41.6 Å².